The maximum atomic E-state index is 3.99. The molecule has 0 aromatic heterocycles. The van der Waals surface area contributed by atoms with Gasteiger partial charge in [0, 0.05) is 40.0 Å². The molecule has 0 saturated carbocycles. The van der Waals surface area contributed by atoms with Gasteiger partial charge in [-0.3, -0.25) is 9.98 Å². The number of hydrogen-bond acceptors (Lipinski definition) is 2. The summed E-state index contributed by atoms with van der Waals surface area (Å²) < 4.78 is 0. The number of fused-ring (bicyclic) bond motifs is 2. The Balaban J connectivity index is 0.000000292. The minimum Gasteiger partial charge on any atom is -0.374 e. The zero-order valence-electron chi connectivity index (χ0n) is 31.4. The summed E-state index contributed by atoms with van der Waals surface area (Å²) in [5.41, 5.74) is 18.9. The fraction of sp³-hybridized carbons (Fsp3) is 0.650. The lowest BCUT2D eigenvalue weighted by atomic mass is 9.90. The molecule has 44 heavy (non-hydrogen) atoms. The van der Waals surface area contributed by atoms with Gasteiger partial charge in [0.25, 0.3) is 0 Å². The molecule has 2 heterocycles. The molecule has 0 atom stereocenters. The first-order chi connectivity index (χ1) is 21.1. The molecule has 0 unspecified atom stereocenters. The van der Waals surface area contributed by atoms with Gasteiger partial charge in [0.2, 0.25) is 0 Å². The monoisotopic (exact) mass is 605 g/mol. The lowest BCUT2D eigenvalue weighted by molar-refractivity contribution is 0.907. The van der Waals surface area contributed by atoms with Gasteiger partial charge < -0.3 is 10.6 Å². The second-order valence-corrected chi connectivity index (χ2v) is 12.0. The van der Waals surface area contributed by atoms with Crippen molar-refractivity contribution in [1.29, 1.82) is 0 Å². The SMILES string of the molecule is CC.CC.CN=C1CCCN1.CN=C1CCCN1.Cc1c(C)c(C)c2c(c1C)CCC2.Cc1c(C)c(C)c2c(c1C)CCC2. The fourth-order valence-corrected chi connectivity index (χ4v) is 6.71. The zero-order chi connectivity index (χ0) is 33.4. The van der Waals surface area contributed by atoms with E-state index in [0.29, 0.717) is 0 Å². The molecule has 0 bridgehead atoms. The Kier molecular flexibility index (Phi) is 18.3. The zero-order valence-corrected chi connectivity index (χ0v) is 31.4. The van der Waals surface area contributed by atoms with Crippen molar-refractivity contribution in [1.82, 2.24) is 10.6 Å². The number of amidine groups is 2. The number of rotatable bonds is 0. The van der Waals surface area contributed by atoms with Crippen LogP contribution < -0.4 is 10.6 Å². The highest BCUT2D eigenvalue weighted by molar-refractivity contribution is 5.84. The van der Waals surface area contributed by atoms with Gasteiger partial charge in [0.05, 0.1) is 11.7 Å². The van der Waals surface area contributed by atoms with E-state index in [1.54, 1.807) is 44.5 Å². The Hall–Kier alpha value is -2.62. The summed E-state index contributed by atoms with van der Waals surface area (Å²) >= 11 is 0. The van der Waals surface area contributed by atoms with Crippen molar-refractivity contribution in [3.63, 3.8) is 0 Å². The molecule has 4 aliphatic rings. The molecular weight excluding hydrogens is 536 g/mol. The summed E-state index contributed by atoms with van der Waals surface area (Å²) in [6.07, 6.45) is 12.8. The predicted molar refractivity (Wildman–Crippen MR) is 199 cm³/mol. The molecule has 2 fully saturated rings. The maximum absolute atomic E-state index is 3.99. The van der Waals surface area contributed by atoms with E-state index >= 15 is 0 Å². The standard InChI is InChI=1S/2C13H18.2C5H10N2.2C2H6/c2*1-8-9(2)11(4)13-7-5-6-12(13)10(8)3;2*1-6-5-3-2-4-7-5;2*1-2/h2*5-7H2,1-4H3;2*2-4H2,1H3,(H,6,7);2*1-2H3. The van der Waals surface area contributed by atoms with E-state index in [1.165, 1.54) is 85.3 Å². The topological polar surface area (TPSA) is 48.8 Å². The van der Waals surface area contributed by atoms with Crippen LogP contribution in [0.25, 0.3) is 0 Å². The van der Waals surface area contributed by atoms with Gasteiger partial charge in [-0.05, 0) is 174 Å². The van der Waals surface area contributed by atoms with Crippen molar-refractivity contribution >= 4 is 11.7 Å². The van der Waals surface area contributed by atoms with Crippen molar-refractivity contribution in [2.24, 2.45) is 9.98 Å². The highest BCUT2D eigenvalue weighted by Gasteiger charge is 2.19. The van der Waals surface area contributed by atoms with E-state index < -0.39 is 0 Å². The minimum absolute atomic E-state index is 1.12. The van der Waals surface area contributed by atoms with Crippen molar-refractivity contribution in [2.45, 2.75) is 147 Å². The molecule has 4 heteroatoms. The van der Waals surface area contributed by atoms with Crippen LogP contribution >= 0.6 is 0 Å². The van der Waals surface area contributed by atoms with Crippen molar-refractivity contribution < 1.29 is 0 Å². The summed E-state index contributed by atoms with van der Waals surface area (Å²) in [6, 6.07) is 0. The van der Waals surface area contributed by atoms with Crippen LogP contribution in [0.3, 0.4) is 0 Å². The predicted octanol–water partition coefficient (Wildman–Crippen LogP) is 9.67. The first-order valence-electron chi connectivity index (χ1n) is 17.7. The molecular formula is C40H68N4. The largest absolute Gasteiger partial charge is 0.374 e. The van der Waals surface area contributed by atoms with Gasteiger partial charge >= 0.3 is 0 Å². The second-order valence-electron chi connectivity index (χ2n) is 12.0. The minimum atomic E-state index is 1.12. The maximum Gasteiger partial charge on any atom is 0.0960 e. The van der Waals surface area contributed by atoms with E-state index in [0.717, 1.165) is 25.9 Å². The third kappa shape index (κ3) is 10.2. The van der Waals surface area contributed by atoms with Gasteiger partial charge in [-0.2, -0.15) is 0 Å². The number of nitrogens with zero attached hydrogens (tertiary/aromatic N) is 2. The van der Waals surface area contributed by atoms with Gasteiger partial charge in [-0.1, -0.05) is 27.7 Å². The van der Waals surface area contributed by atoms with E-state index in [2.05, 4.69) is 76.0 Å². The molecule has 2 aromatic carbocycles. The summed E-state index contributed by atoms with van der Waals surface area (Å²) in [5, 5.41) is 6.31. The van der Waals surface area contributed by atoms with Gasteiger partial charge in [-0.15, -0.1) is 0 Å². The Morgan fingerprint density at radius 2 is 0.614 bits per heavy atom. The van der Waals surface area contributed by atoms with Crippen molar-refractivity contribution in [3.05, 3.63) is 66.8 Å². The first kappa shape index (κ1) is 39.4. The molecule has 0 spiro atoms. The van der Waals surface area contributed by atoms with Crippen LogP contribution in [0.15, 0.2) is 9.98 Å². The van der Waals surface area contributed by atoms with Crippen LogP contribution in [0.2, 0.25) is 0 Å². The molecule has 2 aliphatic carbocycles. The molecule has 0 amide bonds. The third-order valence-corrected chi connectivity index (χ3v) is 10.00. The Morgan fingerprint density at radius 1 is 0.364 bits per heavy atom. The quantitative estimate of drug-likeness (QED) is 0.314. The summed E-state index contributed by atoms with van der Waals surface area (Å²) in [7, 11) is 3.65. The Labute approximate surface area is 273 Å². The van der Waals surface area contributed by atoms with Crippen LogP contribution in [0, 0.1) is 55.4 Å². The summed E-state index contributed by atoms with van der Waals surface area (Å²) in [6.45, 7) is 28.4. The number of benzene rings is 2. The van der Waals surface area contributed by atoms with Crippen LogP contribution in [0.1, 0.15) is 133 Å². The van der Waals surface area contributed by atoms with E-state index in [4.69, 9.17) is 0 Å². The highest BCUT2D eigenvalue weighted by Crippen LogP contribution is 2.33. The molecule has 4 nitrogen and oxygen atoms in total. The number of hydrogen-bond donors (Lipinski definition) is 2. The second kappa shape index (κ2) is 20.4. The molecule has 2 saturated heterocycles. The van der Waals surface area contributed by atoms with E-state index in [9.17, 15) is 0 Å². The average Bonchev–Trinajstić information content (AvgIpc) is 3.91. The molecule has 6 rings (SSSR count). The highest BCUT2D eigenvalue weighted by atomic mass is 15.0. The Bertz CT molecular complexity index is 1070. The van der Waals surface area contributed by atoms with Crippen molar-refractivity contribution in [2.75, 3.05) is 27.2 Å². The van der Waals surface area contributed by atoms with Gasteiger partial charge in [0.15, 0.2) is 0 Å². The van der Waals surface area contributed by atoms with E-state index in [-0.39, 0.29) is 0 Å². The van der Waals surface area contributed by atoms with Crippen LogP contribution in [0.4, 0.5) is 0 Å². The van der Waals surface area contributed by atoms with Crippen molar-refractivity contribution in [3.8, 4) is 0 Å². The van der Waals surface area contributed by atoms with Crippen LogP contribution in [-0.2, 0) is 25.7 Å². The molecule has 248 valence electrons. The first-order valence-corrected chi connectivity index (χ1v) is 17.7. The van der Waals surface area contributed by atoms with Gasteiger partial charge in [-0.25, -0.2) is 0 Å². The average molecular weight is 605 g/mol. The van der Waals surface area contributed by atoms with E-state index in [1.807, 2.05) is 41.8 Å². The summed E-state index contributed by atoms with van der Waals surface area (Å²) in [4.78, 5) is 7.99. The molecule has 0 radical (unpaired) electrons. The number of aliphatic imine (C=N–C) groups is 2. The van der Waals surface area contributed by atoms with Crippen LogP contribution in [-0.4, -0.2) is 38.9 Å². The lowest BCUT2D eigenvalue weighted by Gasteiger charge is -2.15. The van der Waals surface area contributed by atoms with Gasteiger partial charge in [0.1, 0.15) is 0 Å². The summed E-state index contributed by atoms with van der Waals surface area (Å²) in [5.74, 6) is 2.33. The fourth-order valence-electron chi connectivity index (χ4n) is 6.71. The Morgan fingerprint density at radius 3 is 0.773 bits per heavy atom. The smallest absolute Gasteiger partial charge is 0.0960 e. The molecule has 2 aromatic rings. The number of nitrogens with one attached hydrogen (secondary N) is 2. The molecule has 2 N–H and O–H groups in total. The third-order valence-electron chi connectivity index (χ3n) is 10.00. The normalized spacial score (nSPS) is 17.1. The van der Waals surface area contributed by atoms with Crippen LogP contribution in [0.5, 0.6) is 0 Å². The molecule has 2 aliphatic heterocycles. The lowest BCUT2D eigenvalue weighted by Crippen LogP contribution is -2.13.